The van der Waals surface area contributed by atoms with E-state index in [-0.39, 0.29) is 22.4 Å². The second-order valence-corrected chi connectivity index (χ2v) is 7.51. The highest BCUT2D eigenvalue weighted by atomic mass is 35.5. The van der Waals surface area contributed by atoms with Crippen molar-refractivity contribution < 1.29 is 13.9 Å². The zero-order valence-electron chi connectivity index (χ0n) is 15.8. The molecule has 6 nitrogen and oxygen atoms in total. The highest BCUT2D eigenvalue weighted by Crippen LogP contribution is 2.37. The third-order valence-electron chi connectivity index (χ3n) is 5.22. The van der Waals surface area contributed by atoms with Crippen LogP contribution >= 0.6 is 11.6 Å². The summed E-state index contributed by atoms with van der Waals surface area (Å²) in [5, 5.41) is 13.5. The van der Waals surface area contributed by atoms with E-state index < -0.39 is 5.82 Å². The summed E-state index contributed by atoms with van der Waals surface area (Å²) >= 11 is 5.80. The topological polar surface area (TPSA) is 74.4 Å². The van der Waals surface area contributed by atoms with Crippen molar-refractivity contribution in [2.75, 3.05) is 25.0 Å². The Morgan fingerprint density at radius 2 is 2.21 bits per heavy atom. The number of phenols is 1. The van der Waals surface area contributed by atoms with E-state index in [9.17, 15) is 9.50 Å². The molecule has 1 aromatic carbocycles. The van der Waals surface area contributed by atoms with E-state index in [1.807, 2.05) is 0 Å². The van der Waals surface area contributed by atoms with Crippen LogP contribution < -0.4 is 5.32 Å². The number of aromatic hydroxyl groups is 1. The van der Waals surface area contributed by atoms with E-state index in [2.05, 4.69) is 27.1 Å². The molecule has 1 aliphatic rings. The van der Waals surface area contributed by atoms with Crippen molar-refractivity contribution in [3.8, 4) is 17.0 Å². The number of pyridine rings is 1. The van der Waals surface area contributed by atoms with E-state index in [1.165, 1.54) is 6.07 Å². The fourth-order valence-corrected chi connectivity index (χ4v) is 3.96. The molecule has 1 saturated heterocycles. The molecule has 0 unspecified atom stereocenters. The van der Waals surface area contributed by atoms with Crippen molar-refractivity contribution in [3.05, 3.63) is 34.6 Å². The van der Waals surface area contributed by atoms with Crippen LogP contribution in [-0.4, -0.2) is 45.7 Å². The summed E-state index contributed by atoms with van der Waals surface area (Å²) in [5.41, 5.74) is 1.87. The van der Waals surface area contributed by atoms with Gasteiger partial charge < -0.3 is 19.7 Å². The lowest BCUT2D eigenvalue weighted by Gasteiger charge is -2.31. The quantitative estimate of drug-likeness (QED) is 0.662. The molecule has 3 heterocycles. The van der Waals surface area contributed by atoms with Gasteiger partial charge in [-0.1, -0.05) is 18.5 Å². The average molecular weight is 405 g/mol. The lowest BCUT2D eigenvalue weighted by atomic mass is 10.0. The molecule has 1 fully saturated rings. The highest BCUT2D eigenvalue weighted by molar-refractivity contribution is 6.31. The first-order valence-corrected chi connectivity index (χ1v) is 9.78. The van der Waals surface area contributed by atoms with Crippen LogP contribution in [-0.2, 0) is 0 Å². The van der Waals surface area contributed by atoms with Gasteiger partial charge in [-0.3, -0.25) is 0 Å². The predicted molar refractivity (Wildman–Crippen MR) is 107 cm³/mol. The number of aromatic nitrogens is 2. The number of likely N-dealkylation sites (tertiary alicyclic amines) is 1. The second-order valence-electron chi connectivity index (χ2n) is 7.11. The van der Waals surface area contributed by atoms with Crippen LogP contribution in [0.3, 0.4) is 0 Å². The van der Waals surface area contributed by atoms with Gasteiger partial charge in [-0.05, 0) is 50.6 Å². The number of nitrogens with one attached hydrogen (secondary N) is 1. The molecular formula is C20H22ClFN4O2. The van der Waals surface area contributed by atoms with Gasteiger partial charge in [-0.2, -0.15) is 4.98 Å². The van der Waals surface area contributed by atoms with Gasteiger partial charge in [0, 0.05) is 24.2 Å². The molecule has 0 spiro atoms. The molecule has 148 valence electrons. The number of nitrogens with zero attached hydrogens (tertiary/aromatic N) is 3. The molecule has 2 aromatic heterocycles. The average Bonchev–Trinajstić information content (AvgIpc) is 3.08. The van der Waals surface area contributed by atoms with Gasteiger partial charge >= 0.3 is 0 Å². The molecule has 0 radical (unpaired) electrons. The lowest BCUT2D eigenvalue weighted by molar-refractivity contribution is 0.225. The highest BCUT2D eigenvalue weighted by Gasteiger charge is 2.21. The molecule has 0 saturated carbocycles. The second kappa shape index (κ2) is 7.56. The Bertz CT molecular complexity index is 1020. The number of phenolic OH excluding ortho intramolecular Hbond substituents is 1. The minimum atomic E-state index is -0.573. The molecule has 1 aliphatic heterocycles. The summed E-state index contributed by atoms with van der Waals surface area (Å²) in [4.78, 5) is 11.3. The van der Waals surface area contributed by atoms with Crippen molar-refractivity contribution in [2.45, 2.75) is 32.7 Å². The largest absolute Gasteiger partial charge is 0.507 e. The molecule has 1 atom stereocenters. The van der Waals surface area contributed by atoms with E-state index >= 15 is 0 Å². The third kappa shape index (κ3) is 3.52. The van der Waals surface area contributed by atoms with Crippen molar-refractivity contribution >= 4 is 28.8 Å². The van der Waals surface area contributed by atoms with E-state index in [0.29, 0.717) is 28.5 Å². The fourth-order valence-electron chi connectivity index (χ4n) is 3.71. The molecule has 8 heteroatoms. The summed E-state index contributed by atoms with van der Waals surface area (Å²) < 4.78 is 20.0. The van der Waals surface area contributed by atoms with E-state index in [4.69, 9.17) is 16.0 Å². The first kappa shape index (κ1) is 19.0. The minimum absolute atomic E-state index is 0.124. The minimum Gasteiger partial charge on any atom is -0.507 e. The Balaban J connectivity index is 1.63. The van der Waals surface area contributed by atoms with Crippen LogP contribution in [0.25, 0.3) is 22.5 Å². The van der Waals surface area contributed by atoms with Crippen LogP contribution in [0.4, 0.5) is 10.4 Å². The van der Waals surface area contributed by atoms with E-state index in [1.54, 1.807) is 19.1 Å². The number of hydrogen-bond donors (Lipinski definition) is 2. The van der Waals surface area contributed by atoms with Crippen molar-refractivity contribution in [2.24, 2.45) is 0 Å². The zero-order chi connectivity index (χ0) is 19.8. The Labute approximate surface area is 167 Å². The third-order valence-corrected chi connectivity index (χ3v) is 5.50. The van der Waals surface area contributed by atoms with Gasteiger partial charge in [0.05, 0.1) is 10.7 Å². The van der Waals surface area contributed by atoms with Crippen LogP contribution in [0.1, 0.15) is 25.3 Å². The standard InChI is InChI=1S/C20H22ClFN4O2/c1-3-26-8-4-5-12(10-26)23-20-25-19-16(28-20)7-6-14(24-19)17-11(2)18(22)13(21)9-15(17)27/h6-7,9,12,27H,3-5,8,10H2,1-2H3,(H,23,24,25)/t12-/m1/s1. The molecule has 28 heavy (non-hydrogen) atoms. The van der Waals surface area contributed by atoms with Gasteiger partial charge in [-0.15, -0.1) is 0 Å². The maximum absolute atomic E-state index is 14.2. The summed E-state index contributed by atoms with van der Waals surface area (Å²) in [6.07, 6.45) is 2.19. The Hall–Kier alpha value is -2.38. The normalized spacial score (nSPS) is 17.9. The monoisotopic (exact) mass is 404 g/mol. The van der Waals surface area contributed by atoms with Crippen molar-refractivity contribution in [1.29, 1.82) is 0 Å². The molecule has 0 amide bonds. The first-order valence-electron chi connectivity index (χ1n) is 9.40. The Kier molecular flexibility index (Phi) is 5.12. The number of oxazole rings is 1. The Morgan fingerprint density at radius 1 is 1.39 bits per heavy atom. The molecule has 2 N–H and O–H groups in total. The smallest absolute Gasteiger partial charge is 0.297 e. The Morgan fingerprint density at radius 3 is 3.00 bits per heavy atom. The van der Waals surface area contributed by atoms with Gasteiger partial charge in [-0.25, -0.2) is 9.37 Å². The fraction of sp³-hybridized carbons (Fsp3) is 0.400. The number of benzene rings is 1. The maximum atomic E-state index is 14.2. The van der Waals surface area contributed by atoms with Gasteiger partial charge in [0.1, 0.15) is 11.6 Å². The van der Waals surface area contributed by atoms with Crippen LogP contribution in [0.2, 0.25) is 5.02 Å². The lowest BCUT2D eigenvalue weighted by Crippen LogP contribution is -2.41. The van der Waals surface area contributed by atoms with Crippen molar-refractivity contribution in [1.82, 2.24) is 14.9 Å². The maximum Gasteiger partial charge on any atom is 0.297 e. The van der Waals surface area contributed by atoms with Crippen LogP contribution in [0.15, 0.2) is 22.6 Å². The summed E-state index contributed by atoms with van der Waals surface area (Å²) in [7, 11) is 0. The van der Waals surface area contributed by atoms with Crippen LogP contribution in [0, 0.1) is 12.7 Å². The molecular weight excluding hydrogens is 383 g/mol. The number of fused-ring (bicyclic) bond motifs is 1. The number of anilines is 1. The zero-order valence-corrected chi connectivity index (χ0v) is 16.6. The predicted octanol–water partition coefficient (Wildman–Crippen LogP) is 4.59. The molecule has 0 bridgehead atoms. The number of rotatable bonds is 4. The van der Waals surface area contributed by atoms with Gasteiger partial charge in [0.15, 0.2) is 5.58 Å². The van der Waals surface area contributed by atoms with E-state index in [0.717, 1.165) is 32.5 Å². The summed E-state index contributed by atoms with van der Waals surface area (Å²) in [6.45, 7) is 6.81. The SMILES string of the molecule is CCN1CCC[C@@H](Nc2nc3nc(-c4c(O)cc(Cl)c(F)c4C)ccc3o2)C1. The number of halogens is 2. The number of piperidine rings is 1. The van der Waals surface area contributed by atoms with Gasteiger partial charge in [0.2, 0.25) is 5.65 Å². The summed E-state index contributed by atoms with van der Waals surface area (Å²) in [5.74, 6) is -0.698. The van der Waals surface area contributed by atoms with Crippen molar-refractivity contribution in [3.63, 3.8) is 0 Å². The first-order chi connectivity index (χ1) is 13.5. The summed E-state index contributed by atoms with van der Waals surface area (Å²) in [6, 6.07) is 5.28. The molecule has 0 aliphatic carbocycles. The van der Waals surface area contributed by atoms with Gasteiger partial charge in [0.25, 0.3) is 6.01 Å². The molecule has 4 rings (SSSR count). The van der Waals surface area contributed by atoms with Crippen LogP contribution in [0.5, 0.6) is 5.75 Å². The molecule has 3 aromatic rings. The number of hydrogen-bond acceptors (Lipinski definition) is 6. The number of likely N-dealkylation sites (N-methyl/N-ethyl adjacent to an activating group) is 1.